The maximum Gasteiger partial charge on any atom is 0.232 e. The molecule has 1 atom stereocenters. The van der Waals surface area contributed by atoms with E-state index in [0.29, 0.717) is 24.5 Å². The van der Waals surface area contributed by atoms with Gasteiger partial charge in [-0.1, -0.05) is 12.1 Å². The SMILES string of the molecule is CCOc1ccc(N(CCCC(=O)NC(C)c2ccc(S(C)(=O)=O)cc2)S(C)(=O)=O)cc1. The van der Waals surface area contributed by atoms with Crippen molar-refractivity contribution in [3.8, 4) is 5.75 Å². The zero-order valence-corrected chi connectivity index (χ0v) is 20.4. The van der Waals surface area contributed by atoms with Crippen LogP contribution < -0.4 is 14.4 Å². The zero-order valence-electron chi connectivity index (χ0n) is 18.7. The number of benzene rings is 2. The molecule has 32 heavy (non-hydrogen) atoms. The van der Waals surface area contributed by atoms with Crippen molar-refractivity contribution in [1.82, 2.24) is 5.32 Å². The Balaban J connectivity index is 1.94. The van der Waals surface area contributed by atoms with Gasteiger partial charge in [0.15, 0.2) is 9.84 Å². The first kappa shape index (κ1) is 25.7. The summed E-state index contributed by atoms with van der Waals surface area (Å²) in [4.78, 5) is 12.6. The Bertz CT molecular complexity index is 1110. The van der Waals surface area contributed by atoms with E-state index < -0.39 is 19.9 Å². The van der Waals surface area contributed by atoms with Crippen molar-refractivity contribution < 1.29 is 26.4 Å². The lowest BCUT2D eigenvalue weighted by Gasteiger charge is -2.23. The average molecular weight is 483 g/mol. The van der Waals surface area contributed by atoms with E-state index in [4.69, 9.17) is 4.74 Å². The van der Waals surface area contributed by atoms with Crippen LogP contribution in [0.4, 0.5) is 5.69 Å². The molecule has 8 nitrogen and oxygen atoms in total. The molecule has 0 heterocycles. The Morgan fingerprint density at radius 2 is 1.59 bits per heavy atom. The Kier molecular flexibility index (Phi) is 8.68. The Morgan fingerprint density at radius 3 is 2.09 bits per heavy atom. The molecule has 0 saturated heterocycles. The predicted octanol–water partition coefficient (Wildman–Crippen LogP) is 2.91. The van der Waals surface area contributed by atoms with Gasteiger partial charge in [0.25, 0.3) is 0 Å². The van der Waals surface area contributed by atoms with E-state index in [0.717, 1.165) is 18.1 Å². The summed E-state index contributed by atoms with van der Waals surface area (Å²) in [5, 5.41) is 2.86. The van der Waals surface area contributed by atoms with Gasteiger partial charge in [0, 0.05) is 19.2 Å². The minimum absolute atomic E-state index is 0.148. The lowest BCUT2D eigenvalue weighted by atomic mass is 10.1. The van der Waals surface area contributed by atoms with Gasteiger partial charge in [0.1, 0.15) is 5.75 Å². The van der Waals surface area contributed by atoms with Crippen molar-refractivity contribution in [2.75, 3.05) is 30.0 Å². The van der Waals surface area contributed by atoms with Gasteiger partial charge in [-0.25, -0.2) is 16.8 Å². The molecule has 0 aromatic heterocycles. The van der Waals surface area contributed by atoms with E-state index in [1.54, 1.807) is 43.3 Å². The maximum atomic E-state index is 12.3. The summed E-state index contributed by atoms with van der Waals surface area (Å²) in [5.74, 6) is 0.437. The van der Waals surface area contributed by atoms with Crippen LogP contribution in [0.1, 0.15) is 38.3 Å². The second kappa shape index (κ2) is 10.8. The molecular formula is C22H30N2O6S2. The standard InChI is InChI=1S/C22H30N2O6S2/c1-5-30-20-12-10-19(11-13-20)24(32(4,28)29)16-6-7-22(25)23-17(2)18-8-14-21(15-9-18)31(3,26)27/h8-15,17H,5-7,16H2,1-4H3,(H,23,25). The van der Waals surface area contributed by atoms with Crippen molar-refractivity contribution in [1.29, 1.82) is 0 Å². The van der Waals surface area contributed by atoms with Gasteiger partial charge < -0.3 is 10.1 Å². The molecule has 0 aliphatic carbocycles. The van der Waals surface area contributed by atoms with Crippen LogP contribution in [0.3, 0.4) is 0 Å². The lowest BCUT2D eigenvalue weighted by Crippen LogP contribution is -2.32. The Morgan fingerprint density at radius 1 is 1.00 bits per heavy atom. The number of sulfonamides is 1. The third kappa shape index (κ3) is 7.52. The monoisotopic (exact) mass is 482 g/mol. The van der Waals surface area contributed by atoms with Crippen molar-refractivity contribution in [3.05, 3.63) is 54.1 Å². The molecule has 0 radical (unpaired) electrons. The van der Waals surface area contributed by atoms with Gasteiger partial charge in [0.05, 0.1) is 29.5 Å². The highest BCUT2D eigenvalue weighted by atomic mass is 32.2. The molecule has 0 bridgehead atoms. The van der Waals surface area contributed by atoms with E-state index in [-0.39, 0.29) is 29.8 Å². The van der Waals surface area contributed by atoms with Crippen LogP contribution in [0.5, 0.6) is 5.75 Å². The second-order valence-electron chi connectivity index (χ2n) is 7.50. The van der Waals surface area contributed by atoms with Crippen LogP contribution in [0.2, 0.25) is 0 Å². The summed E-state index contributed by atoms with van der Waals surface area (Å²) in [5.41, 5.74) is 1.29. The van der Waals surface area contributed by atoms with E-state index in [1.807, 2.05) is 6.92 Å². The van der Waals surface area contributed by atoms with Crippen LogP contribution >= 0.6 is 0 Å². The van der Waals surface area contributed by atoms with E-state index >= 15 is 0 Å². The fourth-order valence-corrected chi connectivity index (χ4v) is 4.74. The minimum atomic E-state index is -3.51. The Hall–Kier alpha value is -2.59. The first-order chi connectivity index (χ1) is 14.9. The highest BCUT2D eigenvalue weighted by Crippen LogP contribution is 2.22. The van der Waals surface area contributed by atoms with Crippen molar-refractivity contribution >= 4 is 31.5 Å². The molecule has 1 N–H and O–H groups in total. The van der Waals surface area contributed by atoms with E-state index in [9.17, 15) is 21.6 Å². The number of anilines is 1. The van der Waals surface area contributed by atoms with Crippen molar-refractivity contribution in [3.63, 3.8) is 0 Å². The summed E-state index contributed by atoms with van der Waals surface area (Å²) in [7, 11) is -6.79. The van der Waals surface area contributed by atoms with Crippen LogP contribution in [0.25, 0.3) is 0 Å². The predicted molar refractivity (Wildman–Crippen MR) is 125 cm³/mol. The van der Waals surface area contributed by atoms with Gasteiger partial charge in [0.2, 0.25) is 15.9 Å². The summed E-state index contributed by atoms with van der Waals surface area (Å²) < 4.78 is 54.2. The highest BCUT2D eigenvalue weighted by Gasteiger charge is 2.18. The topological polar surface area (TPSA) is 110 Å². The number of sulfone groups is 1. The smallest absolute Gasteiger partial charge is 0.232 e. The number of hydrogen-bond acceptors (Lipinski definition) is 6. The molecule has 0 spiro atoms. The van der Waals surface area contributed by atoms with E-state index in [1.165, 1.54) is 16.4 Å². The number of nitrogens with one attached hydrogen (secondary N) is 1. The van der Waals surface area contributed by atoms with Crippen LogP contribution in [0.15, 0.2) is 53.4 Å². The molecule has 0 aliphatic rings. The fraction of sp³-hybridized carbons (Fsp3) is 0.409. The van der Waals surface area contributed by atoms with Crippen LogP contribution in [-0.2, 0) is 24.7 Å². The Labute approximate surface area is 190 Å². The van der Waals surface area contributed by atoms with Gasteiger partial charge in [-0.15, -0.1) is 0 Å². The van der Waals surface area contributed by atoms with Gasteiger partial charge in [-0.2, -0.15) is 0 Å². The molecule has 2 aromatic carbocycles. The summed E-state index contributed by atoms with van der Waals surface area (Å²) in [6.07, 6.45) is 2.76. The van der Waals surface area contributed by atoms with Crippen LogP contribution in [-0.4, -0.2) is 48.4 Å². The van der Waals surface area contributed by atoms with Crippen molar-refractivity contribution in [2.45, 2.75) is 37.6 Å². The van der Waals surface area contributed by atoms with Gasteiger partial charge in [-0.3, -0.25) is 9.10 Å². The molecule has 0 saturated carbocycles. The molecule has 2 rings (SSSR count). The average Bonchev–Trinajstić information content (AvgIpc) is 2.71. The first-order valence-electron chi connectivity index (χ1n) is 10.2. The molecule has 176 valence electrons. The maximum absolute atomic E-state index is 12.3. The van der Waals surface area contributed by atoms with Gasteiger partial charge >= 0.3 is 0 Å². The van der Waals surface area contributed by atoms with Crippen LogP contribution in [0, 0.1) is 0 Å². The molecule has 0 fully saturated rings. The fourth-order valence-electron chi connectivity index (χ4n) is 3.15. The zero-order chi connectivity index (χ0) is 23.9. The number of nitrogens with zero attached hydrogens (tertiary/aromatic N) is 1. The summed E-state index contributed by atoms with van der Waals surface area (Å²) in [6.45, 7) is 4.35. The van der Waals surface area contributed by atoms with Crippen molar-refractivity contribution in [2.24, 2.45) is 0 Å². The van der Waals surface area contributed by atoms with Gasteiger partial charge in [-0.05, 0) is 62.2 Å². The normalized spacial score (nSPS) is 12.8. The van der Waals surface area contributed by atoms with E-state index in [2.05, 4.69) is 5.32 Å². The summed E-state index contributed by atoms with van der Waals surface area (Å²) >= 11 is 0. The third-order valence-corrected chi connectivity index (χ3v) is 7.11. The molecule has 0 aliphatic heterocycles. The quantitative estimate of drug-likeness (QED) is 0.527. The summed E-state index contributed by atoms with van der Waals surface area (Å²) in [6, 6.07) is 12.8. The minimum Gasteiger partial charge on any atom is -0.494 e. The molecule has 2 aromatic rings. The molecule has 10 heteroatoms. The molecule has 1 amide bonds. The first-order valence-corrected chi connectivity index (χ1v) is 14.0. The lowest BCUT2D eigenvalue weighted by molar-refractivity contribution is -0.121. The third-order valence-electron chi connectivity index (χ3n) is 4.79. The largest absolute Gasteiger partial charge is 0.494 e. The number of carbonyl (C=O) groups excluding carboxylic acids is 1. The number of amides is 1. The second-order valence-corrected chi connectivity index (χ2v) is 11.4. The molecule has 1 unspecified atom stereocenters. The highest BCUT2D eigenvalue weighted by molar-refractivity contribution is 7.92. The number of ether oxygens (including phenoxy) is 1. The number of carbonyl (C=O) groups is 1. The number of rotatable bonds is 11. The number of hydrogen-bond donors (Lipinski definition) is 1. The molecular weight excluding hydrogens is 452 g/mol.